The van der Waals surface area contributed by atoms with Crippen LogP contribution in [0.15, 0.2) is 59.5 Å². The van der Waals surface area contributed by atoms with Crippen molar-refractivity contribution < 1.29 is 28.8 Å². The van der Waals surface area contributed by atoms with Crippen LogP contribution >= 0.6 is 11.8 Å². The van der Waals surface area contributed by atoms with Crippen molar-refractivity contribution >= 4 is 17.7 Å². The minimum atomic E-state index is -1.02. The maximum Gasteiger partial charge on any atom is 1.00 e. The zero-order chi connectivity index (χ0) is 16.2. The Hall–Kier alpha value is -1.18. The van der Waals surface area contributed by atoms with E-state index >= 15 is 0 Å². The largest absolute Gasteiger partial charge is 1.00 e. The van der Waals surface area contributed by atoms with Gasteiger partial charge in [0.05, 0.1) is 5.97 Å². The number of fused-ring (bicyclic) bond motifs is 1. The first-order valence-electron chi connectivity index (χ1n) is 7.80. The van der Waals surface area contributed by atoms with Gasteiger partial charge in [-0.2, -0.15) is 0 Å². The third-order valence-electron chi connectivity index (χ3n) is 4.28. The van der Waals surface area contributed by atoms with Crippen molar-refractivity contribution in [2.45, 2.75) is 10.8 Å². The number of likely N-dealkylation sites (N-methyl/N-ethyl adjacent to an activating group) is 1. The molecule has 0 bridgehead atoms. The van der Waals surface area contributed by atoms with Gasteiger partial charge >= 0.3 is 18.9 Å². The Morgan fingerprint density at radius 3 is 2.54 bits per heavy atom. The number of aliphatic carboxylic acids is 1. The maximum absolute atomic E-state index is 10.8. The quantitative estimate of drug-likeness (QED) is 0.674. The molecule has 0 saturated carbocycles. The van der Waals surface area contributed by atoms with Crippen LogP contribution in [0.1, 0.15) is 17.0 Å². The van der Waals surface area contributed by atoms with Crippen LogP contribution in [0.3, 0.4) is 0 Å². The Morgan fingerprint density at radius 1 is 1.17 bits per heavy atom. The summed E-state index contributed by atoms with van der Waals surface area (Å²) in [6.07, 6.45) is 0. The molecule has 2 aromatic carbocycles. The smallest absolute Gasteiger partial charge is 0.549 e. The first-order chi connectivity index (χ1) is 11.1. The topological polar surface area (TPSA) is 43.4 Å². The zero-order valence-electron chi connectivity index (χ0n) is 14.1. The van der Waals surface area contributed by atoms with Crippen LogP contribution in [0.4, 0.5) is 0 Å². The SMILES string of the molecule is CN(CC(=O)[O-])C[C@H]1CSc2ccccc2[C@H]1c1ccccc1.[Li+]. The molecule has 2 atom stereocenters. The van der Waals surface area contributed by atoms with Crippen LogP contribution in [0.25, 0.3) is 0 Å². The predicted molar refractivity (Wildman–Crippen MR) is 91.4 cm³/mol. The molecule has 0 radical (unpaired) electrons. The normalized spacial score (nSPS) is 19.4. The van der Waals surface area contributed by atoms with E-state index in [2.05, 4.69) is 48.5 Å². The molecule has 0 N–H and O–H groups in total. The standard InChI is InChI=1S/C19H21NO2S.Li/c1-20(12-18(21)22)11-15-13-23-17-10-6-5-9-16(17)19(15)14-7-3-2-4-8-14;/h2-10,15,19H,11-13H2,1H3,(H,21,22);/q;+1/p-1/t15-,19-;/m0./s1. The van der Waals surface area contributed by atoms with Crippen molar-refractivity contribution in [3.8, 4) is 0 Å². The number of rotatable bonds is 5. The second-order valence-electron chi connectivity index (χ2n) is 6.07. The predicted octanol–water partition coefficient (Wildman–Crippen LogP) is -0.774. The van der Waals surface area contributed by atoms with E-state index in [1.54, 1.807) is 0 Å². The fraction of sp³-hybridized carbons (Fsp3) is 0.316. The summed E-state index contributed by atoms with van der Waals surface area (Å²) in [6, 6.07) is 19.1. The summed E-state index contributed by atoms with van der Waals surface area (Å²) >= 11 is 1.87. The Kier molecular flexibility index (Phi) is 7.00. The van der Waals surface area contributed by atoms with Crippen molar-refractivity contribution in [1.29, 1.82) is 0 Å². The van der Waals surface area contributed by atoms with Gasteiger partial charge in [0.15, 0.2) is 0 Å². The average Bonchev–Trinajstić information content (AvgIpc) is 2.54. The number of nitrogens with zero attached hydrogens (tertiary/aromatic N) is 1. The Bertz CT molecular complexity index is 680. The van der Waals surface area contributed by atoms with Crippen molar-refractivity contribution in [2.75, 3.05) is 25.9 Å². The second kappa shape index (κ2) is 8.78. The van der Waals surface area contributed by atoms with E-state index in [0.29, 0.717) is 11.8 Å². The third-order valence-corrected chi connectivity index (χ3v) is 5.56. The van der Waals surface area contributed by atoms with E-state index < -0.39 is 5.97 Å². The van der Waals surface area contributed by atoms with Crippen molar-refractivity contribution in [3.63, 3.8) is 0 Å². The molecular weight excluding hydrogens is 313 g/mol. The number of thioether (sulfide) groups is 1. The average molecular weight is 333 g/mol. The number of hydrogen-bond acceptors (Lipinski definition) is 4. The number of carbonyl (C=O) groups is 1. The number of carboxylic acids is 1. The molecule has 0 saturated heterocycles. The molecule has 0 amide bonds. The molecule has 1 heterocycles. The molecule has 0 spiro atoms. The molecule has 1 aliphatic heterocycles. The summed E-state index contributed by atoms with van der Waals surface area (Å²) in [5.41, 5.74) is 2.65. The summed E-state index contributed by atoms with van der Waals surface area (Å²) in [5, 5.41) is 10.8. The van der Waals surface area contributed by atoms with Crippen molar-refractivity contribution in [1.82, 2.24) is 4.90 Å². The fourth-order valence-electron chi connectivity index (χ4n) is 3.37. The number of benzene rings is 2. The van der Waals surface area contributed by atoms with Crippen LogP contribution in [-0.4, -0.2) is 36.8 Å². The molecular formula is C19H20LiNO2S. The molecule has 0 aliphatic carbocycles. The minimum Gasteiger partial charge on any atom is -0.549 e. The van der Waals surface area contributed by atoms with E-state index in [0.717, 1.165) is 12.3 Å². The molecule has 2 aromatic rings. The monoisotopic (exact) mass is 333 g/mol. The van der Waals surface area contributed by atoms with E-state index in [1.807, 2.05) is 29.8 Å². The zero-order valence-corrected chi connectivity index (χ0v) is 15.0. The Labute approximate surface area is 159 Å². The van der Waals surface area contributed by atoms with Crippen molar-refractivity contribution in [3.05, 3.63) is 65.7 Å². The first kappa shape index (κ1) is 19.1. The molecule has 0 unspecified atom stereocenters. The van der Waals surface area contributed by atoms with Gasteiger partial charge in [-0.3, -0.25) is 0 Å². The van der Waals surface area contributed by atoms with E-state index in [-0.39, 0.29) is 25.4 Å². The van der Waals surface area contributed by atoms with Gasteiger partial charge in [0.1, 0.15) is 0 Å². The van der Waals surface area contributed by atoms with Gasteiger partial charge in [0.2, 0.25) is 0 Å². The third kappa shape index (κ3) is 4.46. The molecule has 3 rings (SSSR count). The first-order valence-corrected chi connectivity index (χ1v) is 8.79. The van der Waals surface area contributed by atoms with Gasteiger partial charge in [0, 0.05) is 29.7 Å². The number of carboxylic acid groups (broad SMARTS) is 1. The van der Waals surface area contributed by atoms with Crippen LogP contribution in [0, 0.1) is 5.92 Å². The molecule has 1 aliphatic rings. The molecule has 0 fully saturated rings. The summed E-state index contributed by atoms with van der Waals surface area (Å²) in [7, 11) is 1.85. The summed E-state index contributed by atoms with van der Waals surface area (Å²) in [5.74, 6) is 0.653. The molecule has 5 heteroatoms. The van der Waals surface area contributed by atoms with E-state index in [9.17, 15) is 9.90 Å². The van der Waals surface area contributed by atoms with Gasteiger partial charge in [-0.25, -0.2) is 0 Å². The molecule has 120 valence electrons. The van der Waals surface area contributed by atoms with Gasteiger partial charge in [0.25, 0.3) is 0 Å². The number of hydrogen-bond donors (Lipinski definition) is 0. The summed E-state index contributed by atoms with van der Waals surface area (Å²) in [4.78, 5) is 14.0. The van der Waals surface area contributed by atoms with Gasteiger partial charge in [-0.1, -0.05) is 48.5 Å². The van der Waals surface area contributed by atoms with Crippen LogP contribution in [0.2, 0.25) is 0 Å². The van der Waals surface area contributed by atoms with E-state index in [1.165, 1.54) is 16.0 Å². The van der Waals surface area contributed by atoms with Crippen molar-refractivity contribution in [2.24, 2.45) is 5.92 Å². The Morgan fingerprint density at radius 2 is 1.83 bits per heavy atom. The summed E-state index contributed by atoms with van der Waals surface area (Å²) < 4.78 is 0. The van der Waals surface area contributed by atoms with E-state index in [4.69, 9.17) is 0 Å². The molecule has 24 heavy (non-hydrogen) atoms. The van der Waals surface area contributed by atoms with Crippen LogP contribution < -0.4 is 24.0 Å². The van der Waals surface area contributed by atoms with Crippen LogP contribution in [0.5, 0.6) is 0 Å². The fourth-order valence-corrected chi connectivity index (χ4v) is 4.60. The summed E-state index contributed by atoms with van der Waals surface area (Å²) in [6.45, 7) is 0.721. The minimum absolute atomic E-state index is 0. The Balaban J connectivity index is 0.00000208. The molecule has 3 nitrogen and oxygen atoms in total. The van der Waals surface area contributed by atoms with Crippen LogP contribution in [-0.2, 0) is 4.79 Å². The second-order valence-corrected chi connectivity index (χ2v) is 7.13. The van der Waals surface area contributed by atoms with Gasteiger partial charge in [-0.05, 0) is 30.2 Å². The van der Waals surface area contributed by atoms with Gasteiger partial charge in [-0.15, -0.1) is 11.8 Å². The molecule has 0 aromatic heterocycles. The van der Waals surface area contributed by atoms with Gasteiger partial charge < -0.3 is 14.8 Å². The maximum atomic E-state index is 10.8. The number of carbonyl (C=O) groups excluding carboxylic acids is 1.